The Hall–Kier alpha value is -3.13. The SMILES string of the molecule is CN1C(=O)[C@]2(N=C1N)c1cc(C#N)ccc1CC21CCc2ccccc2CC1. The van der Waals surface area contributed by atoms with Crippen LogP contribution in [0.1, 0.15) is 40.7 Å². The normalized spacial score (nSPS) is 24.6. The van der Waals surface area contributed by atoms with E-state index >= 15 is 0 Å². The molecule has 1 aliphatic heterocycles. The molecule has 0 radical (unpaired) electrons. The van der Waals surface area contributed by atoms with Crippen molar-refractivity contribution in [3.63, 3.8) is 0 Å². The minimum atomic E-state index is -1.02. The number of nitrogens with zero attached hydrogens (tertiary/aromatic N) is 3. The number of likely N-dealkylation sites (N-methyl/N-ethyl adjacent to an activating group) is 1. The van der Waals surface area contributed by atoms with E-state index in [9.17, 15) is 10.1 Å². The molecule has 2 aliphatic carbocycles. The minimum Gasteiger partial charge on any atom is -0.369 e. The van der Waals surface area contributed by atoms with Crippen LogP contribution in [0.2, 0.25) is 0 Å². The molecule has 0 aromatic heterocycles. The third-order valence-electron chi connectivity index (χ3n) is 7.03. The van der Waals surface area contributed by atoms with E-state index in [0.717, 1.165) is 43.2 Å². The highest BCUT2D eigenvalue weighted by molar-refractivity contribution is 6.08. The van der Waals surface area contributed by atoms with Gasteiger partial charge in [0.2, 0.25) is 0 Å². The fraction of sp³-hybridized carbons (Fsp3) is 0.348. The number of nitrogens with two attached hydrogens (primary N) is 1. The van der Waals surface area contributed by atoms with Crippen LogP contribution >= 0.6 is 0 Å². The molecule has 1 atom stereocenters. The van der Waals surface area contributed by atoms with Crippen molar-refractivity contribution in [1.29, 1.82) is 5.26 Å². The standard InChI is InChI=1S/C23H22N4O/c1-27-20(28)23(26-21(27)25)19-12-15(14-24)6-7-18(19)13-22(23)10-8-16-4-2-3-5-17(16)9-11-22/h2-7,12H,8-11,13H2,1H3,(H2,25,26)/t23-/m1/s1. The Kier molecular flexibility index (Phi) is 3.45. The van der Waals surface area contributed by atoms with Crippen molar-refractivity contribution in [3.8, 4) is 6.07 Å². The van der Waals surface area contributed by atoms with Gasteiger partial charge in [0.15, 0.2) is 11.5 Å². The quantitative estimate of drug-likeness (QED) is 0.774. The van der Waals surface area contributed by atoms with Crippen molar-refractivity contribution in [2.45, 2.75) is 37.6 Å². The van der Waals surface area contributed by atoms with Gasteiger partial charge in [0, 0.05) is 12.5 Å². The highest BCUT2D eigenvalue weighted by Gasteiger charge is 2.65. The molecule has 0 saturated heterocycles. The van der Waals surface area contributed by atoms with Crippen LogP contribution in [0, 0.1) is 16.7 Å². The van der Waals surface area contributed by atoms with Gasteiger partial charge >= 0.3 is 0 Å². The number of aryl methyl sites for hydroxylation is 2. The van der Waals surface area contributed by atoms with Crippen LogP contribution in [0.25, 0.3) is 0 Å². The Morgan fingerprint density at radius 2 is 1.79 bits per heavy atom. The van der Waals surface area contributed by atoms with Gasteiger partial charge in [-0.05, 0) is 66.5 Å². The summed E-state index contributed by atoms with van der Waals surface area (Å²) in [5.74, 6) is 0.200. The smallest absolute Gasteiger partial charge is 0.262 e. The molecule has 0 unspecified atom stereocenters. The molecule has 28 heavy (non-hydrogen) atoms. The van der Waals surface area contributed by atoms with Crippen molar-refractivity contribution >= 4 is 11.9 Å². The Labute approximate surface area is 164 Å². The Morgan fingerprint density at radius 1 is 1.11 bits per heavy atom. The topological polar surface area (TPSA) is 82.5 Å². The van der Waals surface area contributed by atoms with E-state index in [4.69, 9.17) is 10.7 Å². The van der Waals surface area contributed by atoms with Gasteiger partial charge in [-0.25, -0.2) is 4.99 Å². The zero-order valence-corrected chi connectivity index (χ0v) is 15.9. The summed E-state index contributed by atoms with van der Waals surface area (Å²) in [6.45, 7) is 0. The van der Waals surface area contributed by atoms with E-state index in [2.05, 4.69) is 30.3 Å². The van der Waals surface area contributed by atoms with E-state index in [-0.39, 0.29) is 17.3 Å². The second-order valence-electron chi connectivity index (χ2n) is 8.25. The molecule has 0 saturated carbocycles. The summed E-state index contributed by atoms with van der Waals surface area (Å²) < 4.78 is 0. The molecule has 2 aromatic carbocycles. The zero-order chi connectivity index (χ0) is 19.5. The van der Waals surface area contributed by atoms with Crippen molar-refractivity contribution < 1.29 is 4.79 Å². The fourth-order valence-electron chi connectivity index (χ4n) is 5.53. The predicted molar refractivity (Wildman–Crippen MR) is 106 cm³/mol. The first-order valence-electron chi connectivity index (χ1n) is 9.74. The highest BCUT2D eigenvalue weighted by Crippen LogP contribution is 2.60. The Morgan fingerprint density at radius 3 is 2.36 bits per heavy atom. The zero-order valence-electron chi connectivity index (χ0n) is 15.9. The van der Waals surface area contributed by atoms with E-state index in [1.807, 2.05) is 18.2 Å². The summed E-state index contributed by atoms with van der Waals surface area (Å²) in [7, 11) is 1.70. The summed E-state index contributed by atoms with van der Waals surface area (Å²) in [6, 6.07) is 16.5. The first-order chi connectivity index (χ1) is 13.5. The molecule has 2 aromatic rings. The van der Waals surface area contributed by atoms with Crippen LogP contribution in [-0.2, 0) is 29.6 Å². The Bertz CT molecular complexity index is 1050. The van der Waals surface area contributed by atoms with Gasteiger partial charge in [0.25, 0.3) is 5.91 Å². The third-order valence-corrected chi connectivity index (χ3v) is 7.03. The fourth-order valence-corrected chi connectivity index (χ4v) is 5.53. The molecule has 5 heteroatoms. The molecule has 140 valence electrons. The molecule has 5 nitrogen and oxygen atoms in total. The van der Waals surface area contributed by atoms with Crippen LogP contribution < -0.4 is 5.73 Å². The first kappa shape index (κ1) is 17.0. The number of aliphatic imine (C=N–C) groups is 1. The number of amides is 1. The van der Waals surface area contributed by atoms with Crippen molar-refractivity contribution in [1.82, 2.24) is 4.90 Å². The second kappa shape index (κ2) is 5.68. The number of nitriles is 1. The third kappa shape index (κ3) is 2.00. The number of carbonyl (C=O) groups is 1. The van der Waals surface area contributed by atoms with Gasteiger partial charge in [0.1, 0.15) is 0 Å². The monoisotopic (exact) mass is 370 g/mol. The molecule has 0 fully saturated rings. The van der Waals surface area contributed by atoms with E-state index in [1.54, 1.807) is 7.05 Å². The lowest BCUT2D eigenvalue weighted by molar-refractivity contribution is -0.135. The summed E-state index contributed by atoms with van der Waals surface area (Å²) in [4.78, 5) is 19.9. The maximum absolute atomic E-state index is 13.6. The van der Waals surface area contributed by atoms with Crippen LogP contribution in [0.3, 0.4) is 0 Å². The van der Waals surface area contributed by atoms with E-state index in [1.165, 1.54) is 16.0 Å². The van der Waals surface area contributed by atoms with E-state index < -0.39 is 5.54 Å². The van der Waals surface area contributed by atoms with Gasteiger partial charge in [0.05, 0.1) is 11.6 Å². The minimum absolute atomic E-state index is 0.0650. The lowest BCUT2D eigenvalue weighted by atomic mass is 9.65. The summed E-state index contributed by atoms with van der Waals surface area (Å²) in [5.41, 5.74) is 10.1. The van der Waals surface area contributed by atoms with Gasteiger partial charge < -0.3 is 5.73 Å². The van der Waals surface area contributed by atoms with Crippen LogP contribution in [0.15, 0.2) is 47.5 Å². The van der Waals surface area contributed by atoms with Gasteiger partial charge in [-0.3, -0.25) is 9.69 Å². The number of guanidine groups is 1. The summed E-state index contributed by atoms with van der Waals surface area (Å²) in [5, 5.41) is 9.43. The molecule has 2 N–H and O–H groups in total. The predicted octanol–water partition coefficient (Wildman–Crippen LogP) is 2.66. The molecule has 1 amide bonds. The molecular formula is C23H22N4O. The number of benzene rings is 2. The average molecular weight is 370 g/mol. The highest BCUT2D eigenvalue weighted by atomic mass is 16.2. The second-order valence-corrected chi connectivity index (χ2v) is 8.25. The number of fused-ring (bicyclic) bond motifs is 4. The first-order valence-corrected chi connectivity index (χ1v) is 9.74. The average Bonchev–Trinajstić information content (AvgIpc) is 3.01. The van der Waals surface area contributed by atoms with Crippen molar-refractivity contribution in [2.24, 2.45) is 16.1 Å². The lowest BCUT2D eigenvalue weighted by Crippen LogP contribution is -2.49. The molecular weight excluding hydrogens is 348 g/mol. The van der Waals surface area contributed by atoms with Crippen LogP contribution in [0.4, 0.5) is 0 Å². The molecule has 3 aliphatic rings. The van der Waals surface area contributed by atoms with Crippen LogP contribution in [-0.4, -0.2) is 23.8 Å². The number of hydrogen-bond acceptors (Lipinski definition) is 4. The van der Waals surface area contributed by atoms with Gasteiger partial charge in [-0.1, -0.05) is 30.3 Å². The van der Waals surface area contributed by atoms with Crippen LogP contribution in [0.5, 0.6) is 0 Å². The lowest BCUT2D eigenvalue weighted by Gasteiger charge is -2.40. The number of rotatable bonds is 0. The van der Waals surface area contributed by atoms with E-state index in [0.29, 0.717) is 5.56 Å². The molecule has 2 spiro atoms. The molecule has 1 heterocycles. The maximum atomic E-state index is 13.6. The van der Waals surface area contributed by atoms with Gasteiger partial charge in [-0.15, -0.1) is 0 Å². The number of hydrogen-bond donors (Lipinski definition) is 1. The van der Waals surface area contributed by atoms with Gasteiger partial charge in [-0.2, -0.15) is 5.26 Å². The summed E-state index contributed by atoms with van der Waals surface area (Å²) in [6.07, 6.45) is 4.37. The van der Waals surface area contributed by atoms with Crippen molar-refractivity contribution in [3.05, 3.63) is 70.3 Å². The number of carbonyl (C=O) groups excluding carboxylic acids is 1. The summed E-state index contributed by atoms with van der Waals surface area (Å²) >= 11 is 0. The maximum Gasteiger partial charge on any atom is 0.262 e. The molecule has 0 bridgehead atoms. The molecule has 5 rings (SSSR count). The Balaban J connectivity index is 1.71. The largest absolute Gasteiger partial charge is 0.369 e. The van der Waals surface area contributed by atoms with Crippen molar-refractivity contribution in [2.75, 3.05) is 7.05 Å².